The van der Waals surface area contributed by atoms with Crippen LogP contribution in [0.15, 0.2) is 22.6 Å². The lowest BCUT2D eigenvalue weighted by molar-refractivity contribution is -0.146. The fraction of sp³-hybridized carbons (Fsp3) is 0.400. The van der Waals surface area contributed by atoms with Gasteiger partial charge in [-0.1, -0.05) is 6.07 Å². The molecule has 1 fully saturated rings. The summed E-state index contributed by atoms with van der Waals surface area (Å²) >= 11 is 0. The highest BCUT2D eigenvalue weighted by Crippen LogP contribution is 2.38. The van der Waals surface area contributed by atoms with Gasteiger partial charge in [0.1, 0.15) is 23.3 Å². The number of nitrogen functional groups attached to an aromatic ring is 1. The van der Waals surface area contributed by atoms with Gasteiger partial charge in [-0.3, -0.25) is 0 Å². The molecular formula is C15H15F4N3O. The number of alkyl halides is 3. The number of oxazole rings is 1. The van der Waals surface area contributed by atoms with E-state index in [-0.39, 0.29) is 24.7 Å². The summed E-state index contributed by atoms with van der Waals surface area (Å²) in [5.41, 5.74) is 6.18. The van der Waals surface area contributed by atoms with Crippen LogP contribution < -0.4 is 10.6 Å². The third-order valence-electron chi connectivity index (χ3n) is 3.97. The predicted octanol–water partition coefficient (Wildman–Crippen LogP) is 3.90. The zero-order valence-electron chi connectivity index (χ0n) is 12.3. The average molecular weight is 329 g/mol. The largest absolute Gasteiger partial charge is 0.429 e. The van der Waals surface area contributed by atoms with E-state index >= 15 is 0 Å². The van der Waals surface area contributed by atoms with Crippen molar-refractivity contribution in [1.29, 1.82) is 0 Å². The van der Waals surface area contributed by atoms with Crippen molar-refractivity contribution in [1.82, 2.24) is 4.98 Å². The number of hydrogen-bond donors (Lipinski definition) is 1. The summed E-state index contributed by atoms with van der Waals surface area (Å²) in [6, 6.07) is 2.34. The third-order valence-corrected chi connectivity index (χ3v) is 3.97. The van der Waals surface area contributed by atoms with Gasteiger partial charge < -0.3 is 15.1 Å². The van der Waals surface area contributed by atoms with E-state index in [1.165, 1.54) is 12.1 Å². The van der Waals surface area contributed by atoms with Crippen LogP contribution in [0.5, 0.6) is 0 Å². The number of aryl methyl sites for hydroxylation is 1. The lowest BCUT2D eigenvalue weighted by Crippen LogP contribution is -2.41. The van der Waals surface area contributed by atoms with Crippen LogP contribution in [0, 0.1) is 12.7 Å². The van der Waals surface area contributed by atoms with E-state index in [0.717, 1.165) is 11.0 Å². The van der Waals surface area contributed by atoms with Gasteiger partial charge in [-0.25, -0.2) is 4.39 Å². The van der Waals surface area contributed by atoms with Gasteiger partial charge in [0.05, 0.1) is 5.69 Å². The van der Waals surface area contributed by atoms with E-state index in [0.29, 0.717) is 23.4 Å². The van der Waals surface area contributed by atoms with Crippen molar-refractivity contribution >= 4 is 11.7 Å². The van der Waals surface area contributed by atoms with Crippen LogP contribution in [0.3, 0.4) is 0 Å². The molecule has 1 aliphatic rings. The van der Waals surface area contributed by atoms with Crippen molar-refractivity contribution in [2.24, 2.45) is 0 Å². The van der Waals surface area contributed by atoms with Crippen LogP contribution in [0.25, 0.3) is 11.3 Å². The number of halogens is 4. The number of nitrogens with two attached hydrogens (primary N) is 1. The molecule has 0 saturated carbocycles. The van der Waals surface area contributed by atoms with E-state index < -0.39 is 18.0 Å². The minimum atomic E-state index is -4.38. The van der Waals surface area contributed by atoms with Crippen molar-refractivity contribution in [3.8, 4) is 11.3 Å². The molecule has 0 aliphatic carbocycles. The SMILES string of the molecule is Cc1oc(N)nc1-c1ccc(N2CCC[C@H]2C(F)(F)F)c(F)c1. The molecule has 1 saturated heterocycles. The molecule has 8 heteroatoms. The average Bonchev–Trinajstić information content (AvgIpc) is 3.04. The third kappa shape index (κ3) is 2.85. The number of benzene rings is 1. The van der Waals surface area contributed by atoms with E-state index in [1.807, 2.05) is 0 Å². The Morgan fingerprint density at radius 2 is 2.09 bits per heavy atom. The molecule has 1 aromatic heterocycles. The summed E-state index contributed by atoms with van der Waals surface area (Å²) in [6.45, 7) is 1.81. The van der Waals surface area contributed by atoms with Crippen LogP contribution in [-0.2, 0) is 0 Å². The van der Waals surface area contributed by atoms with Crippen molar-refractivity contribution in [2.45, 2.75) is 32.0 Å². The topological polar surface area (TPSA) is 55.3 Å². The summed E-state index contributed by atoms with van der Waals surface area (Å²) in [4.78, 5) is 5.03. The second kappa shape index (κ2) is 5.43. The van der Waals surface area contributed by atoms with Crippen LogP contribution in [0.4, 0.5) is 29.3 Å². The van der Waals surface area contributed by atoms with Gasteiger partial charge in [-0.15, -0.1) is 0 Å². The minimum Gasteiger partial charge on any atom is -0.429 e. The molecule has 23 heavy (non-hydrogen) atoms. The normalized spacial score (nSPS) is 18.7. The molecule has 0 bridgehead atoms. The van der Waals surface area contributed by atoms with Crippen molar-refractivity contribution < 1.29 is 22.0 Å². The number of anilines is 2. The Balaban J connectivity index is 1.95. The Morgan fingerprint density at radius 3 is 2.65 bits per heavy atom. The number of rotatable bonds is 2. The van der Waals surface area contributed by atoms with E-state index in [1.54, 1.807) is 6.92 Å². The summed E-state index contributed by atoms with van der Waals surface area (Å²) in [5.74, 6) is -0.302. The highest BCUT2D eigenvalue weighted by atomic mass is 19.4. The molecule has 3 rings (SSSR count). The predicted molar refractivity (Wildman–Crippen MR) is 77.5 cm³/mol. The summed E-state index contributed by atoms with van der Waals surface area (Å²) in [6.07, 6.45) is -4.02. The van der Waals surface area contributed by atoms with Gasteiger partial charge in [-0.2, -0.15) is 18.2 Å². The molecule has 0 amide bonds. The van der Waals surface area contributed by atoms with Gasteiger partial charge in [-0.05, 0) is 31.9 Å². The maximum atomic E-state index is 14.4. The molecule has 0 unspecified atom stereocenters. The molecular weight excluding hydrogens is 314 g/mol. The van der Waals surface area contributed by atoms with Gasteiger partial charge in [0.25, 0.3) is 6.01 Å². The molecule has 2 heterocycles. The van der Waals surface area contributed by atoms with Crippen molar-refractivity contribution in [2.75, 3.05) is 17.2 Å². The van der Waals surface area contributed by atoms with Crippen molar-refractivity contribution in [3.05, 3.63) is 29.8 Å². The maximum Gasteiger partial charge on any atom is 0.408 e. The molecule has 1 aliphatic heterocycles. The second-order valence-corrected chi connectivity index (χ2v) is 5.52. The first-order valence-electron chi connectivity index (χ1n) is 7.13. The monoisotopic (exact) mass is 329 g/mol. The highest BCUT2D eigenvalue weighted by Gasteiger charge is 2.46. The molecule has 2 N–H and O–H groups in total. The fourth-order valence-electron chi connectivity index (χ4n) is 2.97. The summed E-state index contributed by atoms with van der Waals surface area (Å²) in [5, 5.41) is 0. The van der Waals surface area contributed by atoms with E-state index in [9.17, 15) is 17.6 Å². The number of hydrogen-bond acceptors (Lipinski definition) is 4. The molecule has 124 valence electrons. The maximum absolute atomic E-state index is 14.4. The minimum absolute atomic E-state index is 0.0242. The second-order valence-electron chi connectivity index (χ2n) is 5.52. The Bertz CT molecular complexity index is 726. The van der Waals surface area contributed by atoms with Crippen LogP contribution in [0.2, 0.25) is 0 Å². The lowest BCUT2D eigenvalue weighted by atomic mass is 10.1. The smallest absolute Gasteiger partial charge is 0.408 e. The van der Waals surface area contributed by atoms with Gasteiger partial charge in [0.2, 0.25) is 0 Å². The summed E-state index contributed by atoms with van der Waals surface area (Å²) < 4.78 is 58.6. The summed E-state index contributed by atoms with van der Waals surface area (Å²) in [7, 11) is 0. The van der Waals surface area contributed by atoms with E-state index in [4.69, 9.17) is 10.2 Å². The van der Waals surface area contributed by atoms with Gasteiger partial charge >= 0.3 is 6.18 Å². The Morgan fingerprint density at radius 1 is 1.35 bits per heavy atom. The van der Waals surface area contributed by atoms with Crippen molar-refractivity contribution in [3.63, 3.8) is 0 Å². The molecule has 2 aromatic rings. The number of nitrogens with zero attached hydrogens (tertiary/aromatic N) is 2. The zero-order valence-corrected chi connectivity index (χ0v) is 12.3. The first-order valence-corrected chi connectivity index (χ1v) is 7.13. The number of aromatic nitrogens is 1. The Hall–Kier alpha value is -2.25. The zero-order chi connectivity index (χ0) is 16.8. The highest BCUT2D eigenvalue weighted by molar-refractivity contribution is 5.66. The van der Waals surface area contributed by atoms with Gasteiger partial charge in [0, 0.05) is 12.1 Å². The Kier molecular flexibility index (Phi) is 3.69. The molecule has 1 aromatic carbocycles. The molecule has 0 radical (unpaired) electrons. The van der Waals surface area contributed by atoms with Gasteiger partial charge in [0.15, 0.2) is 0 Å². The first kappa shape index (κ1) is 15.6. The van der Waals surface area contributed by atoms with E-state index in [2.05, 4.69) is 4.98 Å². The lowest BCUT2D eigenvalue weighted by Gasteiger charge is -2.28. The van der Waals surface area contributed by atoms with Crippen LogP contribution >= 0.6 is 0 Å². The first-order chi connectivity index (χ1) is 10.8. The van der Waals surface area contributed by atoms with Crippen LogP contribution in [-0.4, -0.2) is 23.7 Å². The van der Waals surface area contributed by atoms with Crippen LogP contribution in [0.1, 0.15) is 18.6 Å². The molecule has 0 spiro atoms. The quantitative estimate of drug-likeness (QED) is 0.849. The Labute approximate surface area is 129 Å². The standard InChI is InChI=1S/C15H15F4N3O/c1-8-13(21-14(20)23-8)9-4-5-11(10(16)7-9)22-6-2-3-12(22)15(17,18)19/h4-5,7,12H,2-3,6H2,1H3,(H2,20,21)/t12-/m0/s1. The molecule has 4 nitrogen and oxygen atoms in total. The molecule has 1 atom stereocenters. The fourth-order valence-corrected chi connectivity index (χ4v) is 2.97.